The minimum absolute atomic E-state index is 0.107. The molecule has 0 bridgehead atoms. The molecule has 0 aromatic rings. The van der Waals surface area contributed by atoms with Crippen molar-refractivity contribution < 1.29 is 80.2 Å². The second-order valence-corrected chi connectivity index (χ2v) is 32.8. The lowest BCUT2D eigenvalue weighted by molar-refractivity contribution is -0.161. The fourth-order valence-electron chi connectivity index (χ4n) is 12.5. The van der Waals surface area contributed by atoms with E-state index in [-0.39, 0.29) is 25.7 Å². The summed E-state index contributed by atoms with van der Waals surface area (Å²) < 4.78 is 68.6. The van der Waals surface area contributed by atoms with E-state index in [0.717, 1.165) is 102 Å². The maximum Gasteiger partial charge on any atom is 0.472 e. The van der Waals surface area contributed by atoms with Crippen LogP contribution in [0.3, 0.4) is 0 Å². The Bertz CT molecular complexity index is 1930. The lowest BCUT2D eigenvalue weighted by Gasteiger charge is -2.21. The van der Waals surface area contributed by atoms with Crippen LogP contribution in [0.4, 0.5) is 0 Å². The van der Waals surface area contributed by atoms with E-state index in [4.69, 9.17) is 37.0 Å². The van der Waals surface area contributed by atoms with Crippen molar-refractivity contribution >= 4 is 39.5 Å². The maximum atomic E-state index is 13.1. The van der Waals surface area contributed by atoms with Crippen LogP contribution < -0.4 is 0 Å². The Balaban J connectivity index is 5.18. The SMILES string of the molecule is CCCCCCCCCCCCCC(=O)O[C@H](COC(=O)CCCCCCCCCCC)COP(=O)(O)OC[C@H](O)COP(=O)(O)OC[C@@H](COC(=O)CCCCCCCCCCCCCCCCCC(C)C)OC(=O)CCCCCCCCCCCCCCCCCCCCC(C)CC. The minimum atomic E-state index is -4.96. The van der Waals surface area contributed by atoms with Crippen molar-refractivity contribution in [2.45, 2.75) is 445 Å². The Hall–Kier alpha value is -1.94. The van der Waals surface area contributed by atoms with E-state index >= 15 is 0 Å². The summed E-state index contributed by atoms with van der Waals surface area (Å²) in [5.41, 5.74) is 0. The molecule has 19 heteroatoms. The molecule has 0 aromatic heterocycles. The molecule has 0 aliphatic heterocycles. The number of hydrogen-bond acceptors (Lipinski definition) is 15. The van der Waals surface area contributed by atoms with Crippen LogP contribution in [0.2, 0.25) is 0 Å². The zero-order valence-electron chi connectivity index (χ0n) is 65.5. The van der Waals surface area contributed by atoms with Crippen LogP contribution in [-0.4, -0.2) is 96.7 Å². The molecule has 594 valence electrons. The van der Waals surface area contributed by atoms with Crippen molar-refractivity contribution in [3.05, 3.63) is 0 Å². The standard InChI is InChI=1S/C81H158O17P2/c1-7-10-12-14-16-18-32-41-47-53-59-65-80(85)97-76(69-91-78(83)63-57-51-45-37-17-15-13-11-8-2)71-95-99(87,88)93-67-75(82)68-94-100(89,90)96-72-77(70-92-79(84)64-58-52-46-40-35-30-27-23-24-28-33-38-43-49-55-61-73(4)5)98-81(86)66-60-54-48-42-36-31-26-22-20-19-21-25-29-34-39-44-50-56-62-74(6)9-3/h73-77,82H,7-72H2,1-6H3,(H,87,88)(H,89,90)/t74?,75-,76+,77+/m0/s1. The second kappa shape index (κ2) is 72.6. The van der Waals surface area contributed by atoms with E-state index in [1.54, 1.807) is 0 Å². The molecule has 3 unspecified atom stereocenters. The topological polar surface area (TPSA) is 237 Å². The molecule has 0 amide bonds. The highest BCUT2D eigenvalue weighted by atomic mass is 31.2. The number of unbranched alkanes of at least 4 members (excludes halogenated alkanes) is 49. The lowest BCUT2D eigenvalue weighted by atomic mass is 9.99. The molecule has 0 heterocycles. The Kier molecular flexibility index (Phi) is 71.2. The van der Waals surface area contributed by atoms with Gasteiger partial charge in [0.05, 0.1) is 26.4 Å². The van der Waals surface area contributed by atoms with E-state index in [2.05, 4.69) is 41.5 Å². The van der Waals surface area contributed by atoms with Gasteiger partial charge in [-0.15, -0.1) is 0 Å². The summed E-state index contributed by atoms with van der Waals surface area (Å²) in [4.78, 5) is 72.9. The van der Waals surface area contributed by atoms with Crippen molar-refractivity contribution in [1.82, 2.24) is 0 Å². The number of aliphatic hydroxyl groups is 1. The first-order valence-corrected chi connectivity index (χ1v) is 45.0. The Morgan fingerprint density at radius 1 is 0.290 bits per heavy atom. The van der Waals surface area contributed by atoms with Crippen molar-refractivity contribution in [2.75, 3.05) is 39.6 Å². The van der Waals surface area contributed by atoms with Gasteiger partial charge in [0.25, 0.3) is 0 Å². The highest BCUT2D eigenvalue weighted by Crippen LogP contribution is 2.45. The van der Waals surface area contributed by atoms with Crippen molar-refractivity contribution in [1.29, 1.82) is 0 Å². The van der Waals surface area contributed by atoms with Gasteiger partial charge in [0, 0.05) is 25.7 Å². The largest absolute Gasteiger partial charge is 0.472 e. The second-order valence-electron chi connectivity index (χ2n) is 29.9. The molecule has 0 rings (SSSR count). The van der Waals surface area contributed by atoms with E-state index in [1.807, 2.05) is 0 Å². The third-order valence-corrected chi connectivity index (χ3v) is 21.2. The summed E-state index contributed by atoms with van der Waals surface area (Å²) in [6.45, 7) is 9.71. The molecule has 0 aromatic carbocycles. The van der Waals surface area contributed by atoms with Gasteiger partial charge in [-0.25, -0.2) is 9.13 Å². The zero-order chi connectivity index (χ0) is 73.5. The smallest absolute Gasteiger partial charge is 0.462 e. The molecule has 0 saturated carbocycles. The molecule has 3 N–H and O–H groups in total. The third kappa shape index (κ3) is 73.0. The Morgan fingerprint density at radius 3 is 0.760 bits per heavy atom. The third-order valence-electron chi connectivity index (χ3n) is 19.3. The van der Waals surface area contributed by atoms with Crippen LogP contribution >= 0.6 is 15.6 Å². The molecule has 0 radical (unpaired) electrons. The highest BCUT2D eigenvalue weighted by molar-refractivity contribution is 7.47. The van der Waals surface area contributed by atoms with E-state index in [9.17, 15) is 43.2 Å². The summed E-state index contributed by atoms with van der Waals surface area (Å²) in [7, 11) is -9.91. The first-order valence-electron chi connectivity index (χ1n) is 42.0. The number of phosphoric acid groups is 2. The summed E-state index contributed by atoms with van der Waals surface area (Å²) in [5.74, 6) is -0.433. The van der Waals surface area contributed by atoms with Crippen LogP contribution in [0.1, 0.15) is 427 Å². The van der Waals surface area contributed by atoms with E-state index < -0.39 is 97.5 Å². The number of carbonyl (C=O) groups is 4. The molecular weight excluding hydrogens is 1310 g/mol. The van der Waals surface area contributed by atoms with Crippen LogP contribution in [0, 0.1) is 11.8 Å². The Morgan fingerprint density at radius 2 is 0.510 bits per heavy atom. The number of ether oxygens (including phenoxy) is 4. The molecule has 17 nitrogen and oxygen atoms in total. The average molecular weight is 1470 g/mol. The molecule has 0 spiro atoms. The molecular formula is C81H158O17P2. The first-order chi connectivity index (χ1) is 48.4. The van der Waals surface area contributed by atoms with Crippen LogP contribution in [0.15, 0.2) is 0 Å². The number of aliphatic hydroxyl groups excluding tert-OH is 1. The molecule has 0 aliphatic rings. The van der Waals surface area contributed by atoms with Gasteiger partial charge in [-0.05, 0) is 37.5 Å². The molecule has 6 atom stereocenters. The fraction of sp³-hybridized carbons (Fsp3) is 0.951. The maximum absolute atomic E-state index is 13.1. The van der Waals surface area contributed by atoms with Gasteiger partial charge in [-0.2, -0.15) is 0 Å². The van der Waals surface area contributed by atoms with E-state index in [1.165, 1.54) is 244 Å². The number of hydrogen-bond donors (Lipinski definition) is 3. The molecule has 0 saturated heterocycles. The highest BCUT2D eigenvalue weighted by Gasteiger charge is 2.30. The summed E-state index contributed by atoms with van der Waals surface area (Å²) in [6, 6.07) is 0. The number of esters is 4. The number of phosphoric ester groups is 2. The number of rotatable bonds is 80. The summed E-state index contributed by atoms with van der Waals surface area (Å²) in [6.07, 6.45) is 62.4. The normalized spacial score (nSPS) is 14.2. The lowest BCUT2D eigenvalue weighted by Crippen LogP contribution is -2.30. The van der Waals surface area contributed by atoms with Gasteiger partial charge in [-0.1, -0.05) is 375 Å². The molecule has 0 aliphatic carbocycles. The van der Waals surface area contributed by atoms with Gasteiger partial charge >= 0.3 is 39.5 Å². The predicted molar refractivity (Wildman–Crippen MR) is 409 cm³/mol. The average Bonchev–Trinajstić information content (AvgIpc) is 1.34. The van der Waals surface area contributed by atoms with Gasteiger partial charge in [0.2, 0.25) is 0 Å². The van der Waals surface area contributed by atoms with Gasteiger partial charge < -0.3 is 33.8 Å². The molecule has 100 heavy (non-hydrogen) atoms. The quantitative estimate of drug-likeness (QED) is 0.0222. The van der Waals surface area contributed by atoms with Gasteiger partial charge in [0.15, 0.2) is 12.2 Å². The summed E-state index contributed by atoms with van der Waals surface area (Å²) >= 11 is 0. The van der Waals surface area contributed by atoms with Crippen LogP contribution in [0.5, 0.6) is 0 Å². The monoisotopic (exact) mass is 1470 g/mol. The van der Waals surface area contributed by atoms with Crippen LogP contribution in [0.25, 0.3) is 0 Å². The predicted octanol–water partition coefficient (Wildman–Crippen LogP) is 24.3. The zero-order valence-corrected chi connectivity index (χ0v) is 67.3. The number of carbonyl (C=O) groups excluding carboxylic acids is 4. The van der Waals surface area contributed by atoms with Gasteiger partial charge in [-0.3, -0.25) is 37.3 Å². The van der Waals surface area contributed by atoms with Crippen molar-refractivity contribution in [3.8, 4) is 0 Å². The van der Waals surface area contributed by atoms with Crippen molar-refractivity contribution in [3.63, 3.8) is 0 Å². The fourth-order valence-corrected chi connectivity index (χ4v) is 14.1. The minimum Gasteiger partial charge on any atom is -0.462 e. The van der Waals surface area contributed by atoms with Gasteiger partial charge in [0.1, 0.15) is 19.3 Å². The van der Waals surface area contributed by atoms with Crippen molar-refractivity contribution in [2.24, 2.45) is 11.8 Å². The molecule has 0 fully saturated rings. The first kappa shape index (κ1) is 98.1. The Labute approximate surface area is 613 Å². The van der Waals surface area contributed by atoms with E-state index in [0.29, 0.717) is 25.7 Å². The summed E-state index contributed by atoms with van der Waals surface area (Å²) in [5, 5.41) is 10.6. The van der Waals surface area contributed by atoms with Crippen LogP contribution in [-0.2, 0) is 65.4 Å².